The van der Waals surface area contributed by atoms with Crippen molar-refractivity contribution in [2.75, 3.05) is 12.4 Å². The molecule has 0 unspecified atom stereocenters. The lowest BCUT2D eigenvalue weighted by Crippen LogP contribution is -2.06. The van der Waals surface area contributed by atoms with Crippen LogP contribution >= 0.6 is 22.6 Å². The van der Waals surface area contributed by atoms with Gasteiger partial charge in [-0.2, -0.15) is 5.10 Å². The smallest absolute Gasteiger partial charge is 0.165 e. The van der Waals surface area contributed by atoms with E-state index < -0.39 is 0 Å². The predicted molar refractivity (Wildman–Crippen MR) is 90.0 cm³/mol. The largest absolute Gasteiger partial charge is 0.372 e. The van der Waals surface area contributed by atoms with E-state index in [-0.39, 0.29) is 0 Å². The fourth-order valence-corrected chi connectivity index (χ4v) is 3.05. The third kappa shape index (κ3) is 2.65. The van der Waals surface area contributed by atoms with E-state index in [2.05, 4.69) is 51.8 Å². The number of nitrogens with zero attached hydrogens (tertiary/aromatic N) is 4. The number of nitrogens with one attached hydrogen (secondary N) is 1. The summed E-state index contributed by atoms with van der Waals surface area (Å²) in [5, 5.41) is 7.62. The van der Waals surface area contributed by atoms with Crippen LogP contribution in [-0.4, -0.2) is 26.8 Å². The first-order valence-electron chi connectivity index (χ1n) is 6.74. The minimum Gasteiger partial charge on any atom is -0.372 e. The molecule has 0 radical (unpaired) electrons. The van der Waals surface area contributed by atoms with Gasteiger partial charge in [0, 0.05) is 19.8 Å². The molecule has 2 rings (SSSR count). The number of aryl methyl sites for hydroxylation is 3. The molecule has 6 heteroatoms. The van der Waals surface area contributed by atoms with Gasteiger partial charge >= 0.3 is 0 Å². The van der Waals surface area contributed by atoms with Crippen molar-refractivity contribution in [2.24, 2.45) is 7.05 Å². The molecule has 0 atom stereocenters. The van der Waals surface area contributed by atoms with E-state index in [4.69, 9.17) is 4.98 Å². The summed E-state index contributed by atoms with van der Waals surface area (Å²) < 4.78 is 2.99. The average molecular weight is 385 g/mol. The minimum atomic E-state index is 0.765. The molecule has 2 aromatic heterocycles. The number of hydrogen-bond acceptors (Lipinski definition) is 4. The first kappa shape index (κ1) is 15.2. The molecule has 0 amide bonds. The van der Waals surface area contributed by atoms with Gasteiger partial charge in [0.05, 0.1) is 20.5 Å². The summed E-state index contributed by atoms with van der Waals surface area (Å²) in [6.07, 6.45) is 2.03. The van der Waals surface area contributed by atoms with Gasteiger partial charge in [-0.3, -0.25) is 4.68 Å². The molecule has 0 aromatic carbocycles. The maximum absolute atomic E-state index is 4.76. The maximum Gasteiger partial charge on any atom is 0.165 e. The molecule has 0 aliphatic carbocycles. The zero-order valence-corrected chi connectivity index (χ0v) is 14.7. The lowest BCUT2D eigenvalue weighted by atomic mass is 10.1. The van der Waals surface area contributed by atoms with Crippen LogP contribution in [0.1, 0.15) is 30.4 Å². The van der Waals surface area contributed by atoms with Crippen LogP contribution in [0.4, 0.5) is 5.82 Å². The van der Waals surface area contributed by atoms with E-state index in [9.17, 15) is 0 Å². The second-order valence-corrected chi connectivity index (χ2v) is 5.90. The molecule has 0 saturated carbocycles. The van der Waals surface area contributed by atoms with Gasteiger partial charge in [-0.1, -0.05) is 13.3 Å². The Balaban J connectivity index is 2.65. The van der Waals surface area contributed by atoms with Crippen molar-refractivity contribution in [3.63, 3.8) is 0 Å². The first-order chi connectivity index (χ1) is 9.49. The molecule has 0 spiro atoms. The molecule has 108 valence electrons. The molecule has 2 aromatic rings. The normalized spacial score (nSPS) is 10.9. The molecule has 0 bridgehead atoms. The first-order valence-corrected chi connectivity index (χ1v) is 7.82. The molecule has 20 heavy (non-hydrogen) atoms. The second kappa shape index (κ2) is 6.07. The summed E-state index contributed by atoms with van der Waals surface area (Å²) in [7, 11) is 3.84. The van der Waals surface area contributed by atoms with E-state index in [1.807, 2.05) is 25.7 Å². The number of halogens is 1. The zero-order valence-electron chi connectivity index (χ0n) is 12.6. The van der Waals surface area contributed by atoms with Gasteiger partial charge in [-0.15, -0.1) is 0 Å². The van der Waals surface area contributed by atoms with Crippen LogP contribution in [0.5, 0.6) is 0 Å². The van der Waals surface area contributed by atoms with E-state index in [0.717, 1.165) is 50.7 Å². The zero-order chi connectivity index (χ0) is 14.9. The Bertz CT molecular complexity index is 633. The van der Waals surface area contributed by atoms with Gasteiger partial charge in [-0.05, 0) is 42.9 Å². The Kier molecular flexibility index (Phi) is 4.62. The molecular weight excluding hydrogens is 365 g/mol. The molecule has 0 aliphatic rings. The van der Waals surface area contributed by atoms with Crippen molar-refractivity contribution in [3.8, 4) is 11.4 Å². The Morgan fingerprint density at radius 3 is 2.45 bits per heavy atom. The third-order valence-corrected chi connectivity index (χ3v) is 4.51. The van der Waals surface area contributed by atoms with Gasteiger partial charge < -0.3 is 5.32 Å². The van der Waals surface area contributed by atoms with E-state index in [0.29, 0.717) is 0 Å². The predicted octanol–water partition coefficient (Wildman–Crippen LogP) is 3.09. The highest BCUT2D eigenvalue weighted by Gasteiger charge is 2.18. The van der Waals surface area contributed by atoms with Crippen molar-refractivity contribution in [1.29, 1.82) is 0 Å². The quantitative estimate of drug-likeness (QED) is 0.822. The Hall–Kier alpha value is -1.18. The summed E-state index contributed by atoms with van der Waals surface area (Å²) >= 11 is 2.31. The summed E-state index contributed by atoms with van der Waals surface area (Å²) in [6.45, 7) is 6.22. The highest BCUT2D eigenvalue weighted by molar-refractivity contribution is 14.1. The van der Waals surface area contributed by atoms with Crippen molar-refractivity contribution in [1.82, 2.24) is 19.7 Å². The average Bonchev–Trinajstić information content (AvgIpc) is 2.66. The molecule has 5 nitrogen and oxygen atoms in total. The summed E-state index contributed by atoms with van der Waals surface area (Å²) in [5.74, 6) is 1.66. The fraction of sp³-hybridized carbons (Fsp3) is 0.500. The Morgan fingerprint density at radius 2 is 1.95 bits per heavy atom. The molecule has 2 heterocycles. The van der Waals surface area contributed by atoms with Crippen molar-refractivity contribution < 1.29 is 0 Å². The lowest BCUT2D eigenvalue weighted by molar-refractivity contribution is 0.731. The van der Waals surface area contributed by atoms with E-state index in [1.54, 1.807) is 0 Å². The highest BCUT2D eigenvalue weighted by Crippen LogP contribution is 2.28. The van der Waals surface area contributed by atoms with Crippen molar-refractivity contribution in [2.45, 2.75) is 33.6 Å². The molecule has 0 fully saturated rings. The SMILES string of the molecule is CCCc1nc(-c2c(C)nn(C)c2C)nc(NC)c1I. The number of rotatable bonds is 4. The fourth-order valence-electron chi connectivity index (χ4n) is 2.27. The lowest BCUT2D eigenvalue weighted by Gasteiger charge is -2.11. The topological polar surface area (TPSA) is 55.6 Å². The molecular formula is C14H20IN5. The summed E-state index contributed by atoms with van der Waals surface area (Å²) in [5.41, 5.74) is 4.20. The molecule has 0 saturated heterocycles. The van der Waals surface area contributed by atoms with E-state index in [1.165, 1.54) is 0 Å². The van der Waals surface area contributed by atoms with Gasteiger partial charge in [0.25, 0.3) is 0 Å². The molecule has 1 N–H and O–H groups in total. The van der Waals surface area contributed by atoms with Crippen molar-refractivity contribution in [3.05, 3.63) is 20.7 Å². The monoisotopic (exact) mass is 385 g/mol. The van der Waals surface area contributed by atoms with Crippen molar-refractivity contribution >= 4 is 28.4 Å². The van der Waals surface area contributed by atoms with Crippen LogP contribution < -0.4 is 5.32 Å². The third-order valence-electron chi connectivity index (χ3n) is 3.38. The van der Waals surface area contributed by atoms with E-state index >= 15 is 0 Å². The van der Waals surface area contributed by atoms with Gasteiger partial charge in [0.1, 0.15) is 5.82 Å². The summed E-state index contributed by atoms with van der Waals surface area (Å²) in [6, 6.07) is 0. The number of hydrogen-bond donors (Lipinski definition) is 1. The van der Waals surface area contributed by atoms with Crippen LogP contribution in [0, 0.1) is 17.4 Å². The summed E-state index contributed by atoms with van der Waals surface area (Å²) in [4.78, 5) is 9.42. The van der Waals surface area contributed by atoms with Gasteiger partial charge in [0.15, 0.2) is 5.82 Å². The van der Waals surface area contributed by atoms with Crippen LogP contribution in [0.3, 0.4) is 0 Å². The highest BCUT2D eigenvalue weighted by atomic mass is 127. The number of aromatic nitrogens is 4. The van der Waals surface area contributed by atoms with Crippen LogP contribution in [0.2, 0.25) is 0 Å². The molecule has 0 aliphatic heterocycles. The second-order valence-electron chi connectivity index (χ2n) is 4.83. The van der Waals surface area contributed by atoms with Crippen LogP contribution in [-0.2, 0) is 13.5 Å². The maximum atomic E-state index is 4.76. The Morgan fingerprint density at radius 1 is 1.25 bits per heavy atom. The van der Waals surface area contributed by atoms with Crippen LogP contribution in [0.25, 0.3) is 11.4 Å². The Labute approximate surface area is 133 Å². The number of anilines is 1. The van der Waals surface area contributed by atoms with Gasteiger partial charge in [-0.25, -0.2) is 9.97 Å². The van der Waals surface area contributed by atoms with Crippen LogP contribution in [0.15, 0.2) is 0 Å². The standard InChI is InChI=1S/C14H20IN5/c1-6-7-10-12(15)14(16-4)18-13(17-10)11-8(2)19-20(5)9(11)3/h6-7H2,1-5H3,(H,16,17,18). The van der Waals surface area contributed by atoms with Gasteiger partial charge in [0.2, 0.25) is 0 Å². The minimum absolute atomic E-state index is 0.765.